The summed E-state index contributed by atoms with van der Waals surface area (Å²) in [6, 6.07) is 4.45. The summed E-state index contributed by atoms with van der Waals surface area (Å²) in [5.74, 6) is -0.432. The summed E-state index contributed by atoms with van der Waals surface area (Å²) in [7, 11) is 1.47. The van der Waals surface area contributed by atoms with Crippen LogP contribution in [0, 0.1) is 17.0 Å². The molecule has 1 saturated heterocycles. The molecule has 1 atom stereocenters. The van der Waals surface area contributed by atoms with Crippen molar-refractivity contribution in [1.82, 2.24) is 10.2 Å². The zero-order chi connectivity index (χ0) is 15.6. The zero-order valence-corrected chi connectivity index (χ0v) is 12.0. The molecule has 21 heavy (non-hydrogen) atoms. The molecule has 7 nitrogen and oxygen atoms in total. The molecule has 1 unspecified atom stereocenters. The van der Waals surface area contributed by atoms with Crippen LogP contribution >= 0.6 is 0 Å². The fourth-order valence-corrected chi connectivity index (χ4v) is 2.40. The van der Waals surface area contributed by atoms with Gasteiger partial charge < -0.3 is 5.32 Å². The second kappa shape index (κ2) is 6.01. The van der Waals surface area contributed by atoms with E-state index >= 15 is 0 Å². The molecule has 2 rings (SSSR count). The maximum atomic E-state index is 12.0. The first-order valence-corrected chi connectivity index (χ1v) is 6.68. The van der Waals surface area contributed by atoms with Crippen LogP contribution in [-0.4, -0.2) is 34.7 Å². The molecule has 1 heterocycles. The Morgan fingerprint density at radius 3 is 2.81 bits per heavy atom. The zero-order valence-electron chi connectivity index (χ0n) is 12.0. The van der Waals surface area contributed by atoms with E-state index in [0.717, 1.165) is 10.5 Å². The van der Waals surface area contributed by atoms with E-state index < -0.39 is 11.0 Å². The number of carbonyl (C=O) groups is 2. The van der Waals surface area contributed by atoms with Crippen LogP contribution in [-0.2, 0) is 16.1 Å². The number of nitro benzene ring substituents is 1. The average Bonchev–Trinajstić information content (AvgIpc) is 2.45. The van der Waals surface area contributed by atoms with Gasteiger partial charge in [0.25, 0.3) is 5.69 Å². The molecule has 1 N–H and O–H groups in total. The van der Waals surface area contributed by atoms with E-state index in [1.54, 1.807) is 19.1 Å². The van der Waals surface area contributed by atoms with Crippen molar-refractivity contribution in [3.05, 3.63) is 39.4 Å². The number of hydrogen-bond donors (Lipinski definition) is 1. The lowest BCUT2D eigenvalue weighted by Gasteiger charge is -2.28. The van der Waals surface area contributed by atoms with Crippen LogP contribution in [0.25, 0.3) is 0 Å². The van der Waals surface area contributed by atoms with Gasteiger partial charge >= 0.3 is 0 Å². The summed E-state index contributed by atoms with van der Waals surface area (Å²) in [6.07, 6.45) is 0.782. The number of amides is 2. The molecule has 2 amide bonds. The molecular weight excluding hydrogens is 274 g/mol. The number of carbonyl (C=O) groups excluding carboxylic acids is 2. The third-order valence-corrected chi connectivity index (χ3v) is 3.80. The summed E-state index contributed by atoms with van der Waals surface area (Å²) in [6.45, 7) is 2.04. The van der Waals surface area contributed by atoms with Crippen molar-refractivity contribution < 1.29 is 14.5 Å². The summed E-state index contributed by atoms with van der Waals surface area (Å²) in [5.41, 5.74) is 1.43. The molecule has 0 radical (unpaired) electrons. The maximum absolute atomic E-state index is 12.0. The molecular formula is C14H17N3O4. The summed E-state index contributed by atoms with van der Waals surface area (Å²) < 4.78 is 0. The van der Waals surface area contributed by atoms with Crippen molar-refractivity contribution in [3.63, 3.8) is 0 Å². The first-order chi connectivity index (χ1) is 9.91. The van der Waals surface area contributed by atoms with Gasteiger partial charge in [0.15, 0.2) is 0 Å². The van der Waals surface area contributed by atoms with Gasteiger partial charge in [-0.2, -0.15) is 0 Å². The number of benzene rings is 1. The van der Waals surface area contributed by atoms with E-state index in [0.29, 0.717) is 24.9 Å². The van der Waals surface area contributed by atoms with Gasteiger partial charge in [0.2, 0.25) is 11.8 Å². The fourth-order valence-electron chi connectivity index (χ4n) is 2.40. The van der Waals surface area contributed by atoms with Gasteiger partial charge in [-0.25, -0.2) is 0 Å². The van der Waals surface area contributed by atoms with Gasteiger partial charge in [0.1, 0.15) is 0 Å². The molecule has 0 aromatic heterocycles. The Morgan fingerprint density at radius 1 is 1.43 bits per heavy atom. The van der Waals surface area contributed by atoms with Crippen molar-refractivity contribution in [2.75, 3.05) is 7.05 Å². The predicted octanol–water partition coefficient (Wildman–Crippen LogP) is 1.14. The number of nitro groups is 1. The average molecular weight is 291 g/mol. The lowest BCUT2D eigenvalue weighted by atomic mass is 10.0. The van der Waals surface area contributed by atoms with Crippen molar-refractivity contribution in [2.45, 2.75) is 32.4 Å². The maximum Gasteiger partial charge on any atom is 0.272 e. The molecule has 7 heteroatoms. The van der Waals surface area contributed by atoms with Crippen molar-refractivity contribution in [3.8, 4) is 0 Å². The first kappa shape index (κ1) is 15.1. The molecule has 1 aromatic carbocycles. The number of hydrogen-bond acceptors (Lipinski definition) is 5. The monoisotopic (exact) mass is 291 g/mol. The highest BCUT2D eigenvalue weighted by Gasteiger charge is 2.31. The summed E-state index contributed by atoms with van der Waals surface area (Å²) in [4.78, 5) is 35.0. The molecule has 0 bridgehead atoms. The van der Waals surface area contributed by atoms with E-state index in [2.05, 4.69) is 5.32 Å². The van der Waals surface area contributed by atoms with E-state index in [-0.39, 0.29) is 17.5 Å². The van der Waals surface area contributed by atoms with Gasteiger partial charge in [-0.1, -0.05) is 12.1 Å². The van der Waals surface area contributed by atoms with E-state index in [4.69, 9.17) is 0 Å². The second-order valence-electron chi connectivity index (χ2n) is 5.08. The number of nitrogens with one attached hydrogen (secondary N) is 1. The van der Waals surface area contributed by atoms with Crippen LogP contribution in [0.3, 0.4) is 0 Å². The number of rotatable bonds is 4. The molecule has 0 spiro atoms. The lowest BCUT2D eigenvalue weighted by molar-refractivity contribution is -0.385. The quantitative estimate of drug-likeness (QED) is 0.510. The van der Waals surface area contributed by atoms with Crippen LogP contribution in [0.4, 0.5) is 5.69 Å². The summed E-state index contributed by atoms with van der Waals surface area (Å²) in [5, 5.41) is 14.0. The van der Waals surface area contributed by atoms with Crippen LogP contribution < -0.4 is 5.32 Å². The van der Waals surface area contributed by atoms with Crippen LogP contribution in [0.15, 0.2) is 18.2 Å². The predicted molar refractivity (Wildman–Crippen MR) is 75.5 cm³/mol. The van der Waals surface area contributed by atoms with Gasteiger partial charge in [0.05, 0.1) is 11.0 Å². The number of likely N-dealkylation sites (tertiary alicyclic amines) is 1. The topological polar surface area (TPSA) is 92.6 Å². The molecule has 1 aliphatic heterocycles. The van der Waals surface area contributed by atoms with Crippen molar-refractivity contribution >= 4 is 17.5 Å². The van der Waals surface area contributed by atoms with Gasteiger partial charge in [-0.3, -0.25) is 24.6 Å². The second-order valence-corrected chi connectivity index (χ2v) is 5.08. The highest BCUT2D eigenvalue weighted by molar-refractivity contribution is 6.00. The molecule has 0 saturated carbocycles. The molecule has 0 aliphatic carbocycles. The van der Waals surface area contributed by atoms with Crippen LogP contribution in [0.2, 0.25) is 0 Å². The Kier molecular flexibility index (Phi) is 4.32. The van der Waals surface area contributed by atoms with E-state index in [1.807, 2.05) is 0 Å². The molecule has 1 aromatic rings. The highest BCUT2D eigenvalue weighted by Crippen LogP contribution is 2.21. The SMILES string of the molecule is Cc1c(CNC2CCC(=O)N(C)C2=O)cccc1[N+](=O)[O-]. The Hall–Kier alpha value is -2.28. The van der Waals surface area contributed by atoms with Gasteiger partial charge in [-0.15, -0.1) is 0 Å². The lowest BCUT2D eigenvalue weighted by Crippen LogP contribution is -2.51. The minimum Gasteiger partial charge on any atom is -0.302 e. The third-order valence-electron chi connectivity index (χ3n) is 3.80. The molecule has 112 valence electrons. The molecule has 1 aliphatic rings. The van der Waals surface area contributed by atoms with E-state index in [9.17, 15) is 19.7 Å². The summed E-state index contributed by atoms with van der Waals surface area (Å²) >= 11 is 0. The first-order valence-electron chi connectivity index (χ1n) is 6.68. The van der Waals surface area contributed by atoms with Gasteiger partial charge in [-0.05, 0) is 18.9 Å². The van der Waals surface area contributed by atoms with Crippen molar-refractivity contribution in [1.29, 1.82) is 0 Å². The van der Waals surface area contributed by atoms with E-state index in [1.165, 1.54) is 13.1 Å². The minimum absolute atomic E-state index is 0.0663. The Balaban J connectivity index is 2.07. The number of likely N-dealkylation sites (N-methyl/N-ethyl adjacent to an activating group) is 1. The minimum atomic E-state index is -0.425. The standard InChI is InChI=1S/C14H17N3O4/c1-9-10(4-3-5-12(9)17(20)21)8-15-11-6-7-13(18)16(2)14(11)19/h3-5,11,15H,6-8H2,1-2H3. The van der Waals surface area contributed by atoms with Gasteiger partial charge in [0, 0.05) is 31.6 Å². The highest BCUT2D eigenvalue weighted by atomic mass is 16.6. The fraction of sp³-hybridized carbons (Fsp3) is 0.429. The van der Waals surface area contributed by atoms with Crippen molar-refractivity contribution in [2.24, 2.45) is 0 Å². The number of imide groups is 1. The third kappa shape index (κ3) is 3.08. The normalized spacial score (nSPS) is 19.0. The van der Waals surface area contributed by atoms with Crippen LogP contribution in [0.1, 0.15) is 24.0 Å². The Morgan fingerprint density at radius 2 is 2.14 bits per heavy atom. The molecule has 1 fully saturated rings. The number of piperidine rings is 1. The Labute approximate surface area is 122 Å². The largest absolute Gasteiger partial charge is 0.302 e. The number of nitrogens with zero attached hydrogens (tertiary/aromatic N) is 2. The Bertz CT molecular complexity index is 600. The van der Waals surface area contributed by atoms with Crippen LogP contribution in [0.5, 0.6) is 0 Å². The smallest absolute Gasteiger partial charge is 0.272 e.